The van der Waals surface area contributed by atoms with E-state index in [2.05, 4.69) is 9.55 Å². The molecule has 26 heavy (non-hydrogen) atoms. The Labute approximate surface area is 153 Å². The summed E-state index contributed by atoms with van der Waals surface area (Å²) in [6.07, 6.45) is 9.97. The second-order valence-corrected chi connectivity index (χ2v) is 7.00. The molecule has 1 saturated heterocycles. The lowest BCUT2D eigenvalue weighted by Gasteiger charge is -2.32. The van der Waals surface area contributed by atoms with Gasteiger partial charge in [-0.25, -0.2) is 4.98 Å². The van der Waals surface area contributed by atoms with Gasteiger partial charge in [-0.1, -0.05) is 6.07 Å². The van der Waals surface area contributed by atoms with Gasteiger partial charge < -0.3 is 14.0 Å². The number of rotatable bonds is 4. The van der Waals surface area contributed by atoms with Crippen molar-refractivity contribution in [2.24, 2.45) is 5.92 Å². The summed E-state index contributed by atoms with van der Waals surface area (Å²) in [4.78, 5) is 19.2. The highest BCUT2D eigenvalue weighted by molar-refractivity contribution is 5.94. The quantitative estimate of drug-likeness (QED) is 0.724. The largest absolute Gasteiger partial charge is 0.339 e. The van der Waals surface area contributed by atoms with Crippen LogP contribution >= 0.6 is 0 Å². The lowest BCUT2D eigenvalue weighted by molar-refractivity contribution is 0.0682. The van der Waals surface area contributed by atoms with Crippen molar-refractivity contribution < 1.29 is 4.79 Å². The molecule has 0 atom stereocenters. The number of hydrogen-bond acceptors (Lipinski definition) is 2. The highest BCUT2D eigenvalue weighted by atomic mass is 16.2. The first-order valence-corrected chi connectivity index (χ1v) is 9.21. The molecule has 1 aromatic carbocycles. The van der Waals surface area contributed by atoms with Crippen LogP contribution in [0.3, 0.4) is 0 Å². The van der Waals surface area contributed by atoms with E-state index in [0.29, 0.717) is 5.92 Å². The summed E-state index contributed by atoms with van der Waals surface area (Å²) in [5.41, 5.74) is 1.78. The van der Waals surface area contributed by atoms with Crippen LogP contribution < -0.4 is 0 Å². The van der Waals surface area contributed by atoms with E-state index in [1.807, 2.05) is 77.6 Å². The van der Waals surface area contributed by atoms with E-state index >= 15 is 0 Å². The molecule has 0 saturated carbocycles. The van der Waals surface area contributed by atoms with Gasteiger partial charge in [-0.05, 0) is 56.0 Å². The van der Waals surface area contributed by atoms with Crippen molar-refractivity contribution in [2.45, 2.75) is 26.3 Å². The summed E-state index contributed by atoms with van der Waals surface area (Å²) in [5, 5.41) is 0. The predicted octanol–water partition coefficient (Wildman–Crippen LogP) is 3.53. The van der Waals surface area contributed by atoms with E-state index in [1.165, 1.54) is 0 Å². The number of piperidine rings is 1. The minimum absolute atomic E-state index is 0.135. The number of hydrogen-bond donors (Lipinski definition) is 0. The van der Waals surface area contributed by atoms with Crippen LogP contribution in [-0.2, 0) is 6.54 Å². The van der Waals surface area contributed by atoms with Crippen molar-refractivity contribution in [1.29, 1.82) is 0 Å². The molecule has 0 bridgehead atoms. The number of likely N-dealkylation sites (tertiary alicyclic amines) is 1. The zero-order chi connectivity index (χ0) is 17.9. The topological polar surface area (TPSA) is 43.1 Å². The van der Waals surface area contributed by atoms with E-state index in [4.69, 9.17) is 0 Å². The second kappa shape index (κ2) is 7.20. The third kappa shape index (κ3) is 3.43. The highest BCUT2D eigenvalue weighted by Gasteiger charge is 2.24. The van der Waals surface area contributed by atoms with Crippen molar-refractivity contribution >= 4 is 5.91 Å². The summed E-state index contributed by atoms with van der Waals surface area (Å²) in [6, 6.07) is 11.8. The van der Waals surface area contributed by atoms with Crippen LogP contribution in [0.25, 0.3) is 5.69 Å². The number of benzene rings is 1. The Morgan fingerprint density at radius 2 is 1.88 bits per heavy atom. The Morgan fingerprint density at radius 1 is 1.12 bits per heavy atom. The Bertz CT molecular complexity index is 873. The Balaban J connectivity index is 1.39. The maximum Gasteiger partial charge on any atom is 0.253 e. The molecule has 0 aliphatic carbocycles. The molecule has 1 fully saturated rings. The van der Waals surface area contributed by atoms with Crippen molar-refractivity contribution in [3.63, 3.8) is 0 Å². The molecule has 5 heteroatoms. The van der Waals surface area contributed by atoms with Crippen LogP contribution in [0.5, 0.6) is 0 Å². The van der Waals surface area contributed by atoms with Gasteiger partial charge in [0, 0.05) is 55.7 Å². The first-order valence-electron chi connectivity index (χ1n) is 9.21. The molecule has 3 aromatic rings. The molecule has 0 radical (unpaired) electrons. The molecule has 2 aromatic heterocycles. The smallest absolute Gasteiger partial charge is 0.253 e. The SMILES string of the molecule is Cc1nccn1CC1CCN(C(=O)c2cccc(-n3cccc3)c2)CC1. The van der Waals surface area contributed by atoms with Crippen LogP contribution in [0.2, 0.25) is 0 Å². The third-order valence-corrected chi connectivity index (χ3v) is 5.28. The van der Waals surface area contributed by atoms with Gasteiger partial charge in [-0.2, -0.15) is 0 Å². The fourth-order valence-corrected chi connectivity index (χ4v) is 3.68. The molecule has 1 amide bonds. The van der Waals surface area contributed by atoms with Gasteiger partial charge in [0.2, 0.25) is 0 Å². The Hall–Kier alpha value is -2.82. The van der Waals surface area contributed by atoms with Crippen LogP contribution in [0, 0.1) is 12.8 Å². The van der Waals surface area contributed by atoms with Crippen LogP contribution in [-0.4, -0.2) is 38.0 Å². The van der Waals surface area contributed by atoms with Crippen molar-refractivity contribution in [3.05, 3.63) is 72.6 Å². The summed E-state index contributed by atoms with van der Waals surface area (Å²) in [6.45, 7) is 4.68. The second-order valence-electron chi connectivity index (χ2n) is 7.00. The molecule has 1 aliphatic heterocycles. The lowest BCUT2D eigenvalue weighted by Crippen LogP contribution is -2.39. The summed E-state index contributed by atoms with van der Waals surface area (Å²) in [7, 11) is 0. The van der Waals surface area contributed by atoms with Crippen molar-refractivity contribution in [2.75, 3.05) is 13.1 Å². The van der Waals surface area contributed by atoms with Gasteiger partial charge in [0.05, 0.1) is 0 Å². The number of amides is 1. The molecule has 3 heterocycles. The van der Waals surface area contributed by atoms with E-state index < -0.39 is 0 Å². The average molecular weight is 348 g/mol. The first-order chi connectivity index (χ1) is 12.7. The fraction of sp³-hybridized carbons (Fsp3) is 0.333. The zero-order valence-electron chi connectivity index (χ0n) is 15.1. The van der Waals surface area contributed by atoms with Crippen LogP contribution in [0.1, 0.15) is 29.0 Å². The van der Waals surface area contributed by atoms with Gasteiger partial charge in [-0.3, -0.25) is 4.79 Å². The number of carbonyl (C=O) groups excluding carboxylic acids is 1. The third-order valence-electron chi connectivity index (χ3n) is 5.28. The fourth-order valence-electron chi connectivity index (χ4n) is 3.68. The van der Waals surface area contributed by atoms with Gasteiger partial charge in [-0.15, -0.1) is 0 Å². The molecule has 0 spiro atoms. The summed E-state index contributed by atoms with van der Waals surface area (Å²) >= 11 is 0. The molecule has 1 aliphatic rings. The molecule has 0 N–H and O–H groups in total. The molecular weight excluding hydrogens is 324 g/mol. The molecule has 4 rings (SSSR count). The predicted molar refractivity (Wildman–Crippen MR) is 101 cm³/mol. The van der Waals surface area contributed by atoms with Gasteiger partial charge in [0.1, 0.15) is 5.82 Å². The minimum Gasteiger partial charge on any atom is -0.339 e. The van der Waals surface area contributed by atoms with Crippen LogP contribution in [0.4, 0.5) is 0 Å². The normalized spacial score (nSPS) is 15.3. The summed E-state index contributed by atoms with van der Waals surface area (Å²) < 4.78 is 4.24. The monoisotopic (exact) mass is 348 g/mol. The number of aryl methyl sites for hydroxylation is 1. The number of nitrogens with zero attached hydrogens (tertiary/aromatic N) is 4. The van der Waals surface area contributed by atoms with E-state index in [9.17, 15) is 4.79 Å². The van der Waals surface area contributed by atoms with Gasteiger partial charge in [0.15, 0.2) is 0 Å². The maximum absolute atomic E-state index is 12.9. The molecular formula is C21H24N4O. The van der Waals surface area contributed by atoms with Gasteiger partial charge >= 0.3 is 0 Å². The summed E-state index contributed by atoms with van der Waals surface area (Å²) in [5.74, 6) is 1.81. The zero-order valence-corrected chi connectivity index (χ0v) is 15.1. The Morgan fingerprint density at radius 3 is 2.58 bits per heavy atom. The maximum atomic E-state index is 12.9. The molecule has 134 valence electrons. The van der Waals surface area contributed by atoms with E-state index in [1.54, 1.807) is 0 Å². The number of carbonyl (C=O) groups is 1. The molecule has 5 nitrogen and oxygen atoms in total. The van der Waals surface area contributed by atoms with Crippen molar-refractivity contribution in [1.82, 2.24) is 19.0 Å². The minimum atomic E-state index is 0.135. The lowest BCUT2D eigenvalue weighted by atomic mass is 9.96. The standard InChI is InChI=1S/C21H24N4O/c1-17-22-9-14-25(17)16-18-7-12-24(13-8-18)21(26)19-5-4-6-20(15-19)23-10-2-3-11-23/h2-6,9-11,14-15,18H,7-8,12-13,16H2,1H3. The van der Waals surface area contributed by atoms with E-state index in [-0.39, 0.29) is 5.91 Å². The Kier molecular flexibility index (Phi) is 4.61. The highest BCUT2D eigenvalue weighted by Crippen LogP contribution is 2.22. The van der Waals surface area contributed by atoms with E-state index in [0.717, 1.165) is 49.6 Å². The molecule has 0 unspecified atom stereocenters. The average Bonchev–Trinajstić information content (AvgIpc) is 3.35. The van der Waals surface area contributed by atoms with Gasteiger partial charge in [0.25, 0.3) is 5.91 Å². The first kappa shape index (κ1) is 16.6. The van der Waals surface area contributed by atoms with Crippen molar-refractivity contribution in [3.8, 4) is 5.69 Å². The van der Waals surface area contributed by atoms with Crippen LogP contribution in [0.15, 0.2) is 61.2 Å². The number of aromatic nitrogens is 3. The number of imidazole rings is 1.